The van der Waals surface area contributed by atoms with Crippen molar-refractivity contribution >= 4 is 5.97 Å². The van der Waals surface area contributed by atoms with Crippen LogP contribution in [0, 0.1) is 0 Å². The van der Waals surface area contributed by atoms with E-state index in [4.69, 9.17) is 10.8 Å². The van der Waals surface area contributed by atoms with Gasteiger partial charge in [-0.3, -0.25) is 9.69 Å². The van der Waals surface area contributed by atoms with E-state index in [2.05, 4.69) is 4.90 Å². The summed E-state index contributed by atoms with van der Waals surface area (Å²) in [6.45, 7) is 4.66. The molecule has 0 bridgehead atoms. The number of carboxylic acid groups (broad SMARTS) is 1. The summed E-state index contributed by atoms with van der Waals surface area (Å²) in [5.41, 5.74) is 8.04. The molecule has 1 saturated heterocycles. The molecule has 0 aliphatic carbocycles. The highest BCUT2D eigenvalue weighted by molar-refractivity contribution is 5.75. The van der Waals surface area contributed by atoms with Crippen LogP contribution in [-0.4, -0.2) is 35.1 Å². The van der Waals surface area contributed by atoms with Gasteiger partial charge in [0.2, 0.25) is 0 Å². The lowest BCUT2D eigenvalue weighted by Crippen LogP contribution is -2.42. The first-order valence-electron chi connectivity index (χ1n) is 6.86. The van der Waals surface area contributed by atoms with Gasteiger partial charge in [0.05, 0.1) is 5.92 Å². The molecular weight excluding hydrogens is 240 g/mol. The molecule has 3 N–H and O–H groups in total. The van der Waals surface area contributed by atoms with E-state index in [1.54, 1.807) is 6.92 Å². The zero-order valence-electron chi connectivity index (χ0n) is 11.4. The van der Waals surface area contributed by atoms with E-state index in [0.29, 0.717) is 6.04 Å². The molecule has 4 nitrogen and oxygen atoms in total. The molecule has 0 saturated carbocycles. The number of hydrogen-bond acceptors (Lipinski definition) is 3. The molecular formula is C15H22N2O2. The molecule has 2 unspecified atom stereocenters. The van der Waals surface area contributed by atoms with Crippen molar-refractivity contribution in [2.24, 2.45) is 5.73 Å². The SMILES string of the molecule is CC(C(=O)O)c1ccc(CN2CCCC(N)C2)cc1. The van der Waals surface area contributed by atoms with Gasteiger partial charge >= 0.3 is 5.97 Å². The molecule has 1 heterocycles. The fourth-order valence-electron chi connectivity index (χ4n) is 2.55. The third-order valence-electron chi connectivity index (χ3n) is 3.80. The minimum absolute atomic E-state index is 0.292. The van der Waals surface area contributed by atoms with Gasteiger partial charge in [0.25, 0.3) is 0 Å². The van der Waals surface area contributed by atoms with E-state index in [-0.39, 0.29) is 0 Å². The highest BCUT2D eigenvalue weighted by Gasteiger charge is 2.17. The number of aliphatic carboxylic acids is 1. The van der Waals surface area contributed by atoms with Gasteiger partial charge in [-0.2, -0.15) is 0 Å². The van der Waals surface area contributed by atoms with Crippen molar-refractivity contribution in [3.63, 3.8) is 0 Å². The summed E-state index contributed by atoms with van der Waals surface area (Å²) in [5, 5.41) is 8.97. The molecule has 0 spiro atoms. The quantitative estimate of drug-likeness (QED) is 0.868. The largest absolute Gasteiger partial charge is 0.481 e. The van der Waals surface area contributed by atoms with E-state index < -0.39 is 11.9 Å². The first-order chi connectivity index (χ1) is 9.06. The van der Waals surface area contributed by atoms with Crippen LogP contribution in [0.4, 0.5) is 0 Å². The van der Waals surface area contributed by atoms with E-state index in [1.165, 1.54) is 5.56 Å². The zero-order chi connectivity index (χ0) is 13.8. The number of nitrogens with two attached hydrogens (primary N) is 1. The normalized spacial score (nSPS) is 22.1. The van der Waals surface area contributed by atoms with Crippen LogP contribution in [0.1, 0.15) is 36.8 Å². The van der Waals surface area contributed by atoms with Gasteiger partial charge in [-0.15, -0.1) is 0 Å². The van der Waals surface area contributed by atoms with E-state index >= 15 is 0 Å². The Kier molecular flexibility index (Phi) is 4.56. The molecule has 4 heteroatoms. The predicted octanol–water partition coefficient (Wildman–Crippen LogP) is 1.80. The number of benzene rings is 1. The maximum atomic E-state index is 10.9. The van der Waals surface area contributed by atoms with Crippen molar-refractivity contribution in [1.29, 1.82) is 0 Å². The average molecular weight is 262 g/mol. The fourth-order valence-corrected chi connectivity index (χ4v) is 2.55. The van der Waals surface area contributed by atoms with Gasteiger partial charge in [0.1, 0.15) is 0 Å². The number of nitrogens with zero attached hydrogens (tertiary/aromatic N) is 1. The standard InChI is InChI=1S/C15H22N2O2/c1-11(15(18)19)13-6-4-12(5-7-13)9-17-8-2-3-14(16)10-17/h4-7,11,14H,2-3,8-10,16H2,1H3,(H,18,19). The minimum Gasteiger partial charge on any atom is -0.481 e. The Hall–Kier alpha value is -1.39. The van der Waals surface area contributed by atoms with Gasteiger partial charge in [-0.25, -0.2) is 0 Å². The Morgan fingerprint density at radius 1 is 1.47 bits per heavy atom. The second kappa shape index (κ2) is 6.17. The summed E-state index contributed by atoms with van der Waals surface area (Å²) in [4.78, 5) is 13.3. The third kappa shape index (κ3) is 3.78. The molecule has 1 aromatic carbocycles. The van der Waals surface area contributed by atoms with Crippen molar-refractivity contribution in [1.82, 2.24) is 4.90 Å². The molecule has 0 aromatic heterocycles. The van der Waals surface area contributed by atoms with Crippen molar-refractivity contribution in [2.75, 3.05) is 13.1 Å². The van der Waals surface area contributed by atoms with Gasteiger partial charge < -0.3 is 10.8 Å². The van der Waals surface area contributed by atoms with Crippen LogP contribution in [-0.2, 0) is 11.3 Å². The van der Waals surface area contributed by atoms with Gasteiger partial charge in [0.15, 0.2) is 0 Å². The molecule has 19 heavy (non-hydrogen) atoms. The van der Waals surface area contributed by atoms with Crippen LogP contribution < -0.4 is 5.73 Å². The van der Waals surface area contributed by atoms with Crippen LogP contribution in [0.25, 0.3) is 0 Å². The Morgan fingerprint density at radius 3 is 2.74 bits per heavy atom. The molecule has 0 amide bonds. The summed E-state index contributed by atoms with van der Waals surface area (Å²) in [6, 6.07) is 8.17. The number of likely N-dealkylation sites (tertiary alicyclic amines) is 1. The first kappa shape index (κ1) is 14.0. The van der Waals surface area contributed by atoms with Crippen molar-refractivity contribution in [3.8, 4) is 0 Å². The Labute approximate surface area is 114 Å². The summed E-state index contributed by atoms with van der Waals surface area (Å²) in [7, 11) is 0. The number of rotatable bonds is 4. The predicted molar refractivity (Wildman–Crippen MR) is 75.0 cm³/mol. The molecule has 1 aliphatic rings. The smallest absolute Gasteiger partial charge is 0.310 e. The van der Waals surface area contributed by atoms with Gasteiger partial charge in [-0.1, -0.05) is 24.3 Å². The Balaban J connectivity index is 1.96. The van der Waals surface area contributed by atoms with E-state index in [1.807, 2.05) is 24.3 Å². The molecule has 0 radical (unpaired) electrons. The van der Waals surface area contributed by atoms with Crippen LogP contribution in [0.3, 0.4) is 0 Å². The van der Waals surface area contributed by atoms with Crippen LogP contribution in [0.2, 0.25) is 0 Å². The number of carbonyl (C=O) groups is 1. The zero-order valence-corrected chi connectivity index (χ0v) is 11.4. The molecule has 2 atom stereocenters. The van der Waals surface area contributed by atoms with Crippen LogP contribution >= 0.6 is 0 Å². The summed E-state index contributed by atoms with van der Waals surface area (Å²) < 4.78 is 0. The highest BCUT2D eigenvalue weighted by Crippen LogP contribution is 2.18. The summed E-state index contributed by atoms with van der Waals surface area (Å²) in [5.74, 6) is -1.23. The number of piperidine rings is 1. The number of carboxylic acids is 1. The average Bonchev–Trinajstić information content (AvgIpc) is 2.39. The lowest BCUT2D eigenvalue weighted by molar-refractivity contribution is -0.138. The summed E-state index contributed by atoms with van der Waals surface area (Å²) in [6.07, 6.45) is 2.28. The summed E-state index contributed by atoms with van der Waals surface area (Å²) >= 11 is 0. The van der Waals surface area contributed by atoms with Gasteiger partial charge in [-0.05, 0) is 37.4 Å². The Bertz CT molecular complexity index is 430. The molecule has 104 valence electrons. The van der Waals surface area contributed by atoms with Crippen LogP contribution in [0.15, 0.2) is 24.3 Å². The monoisotopic (exact) mass is 262 g/mol. The third-order valence-corrected chi connectivity index (χ3v) is 3.80. The highest BCUT2D eigenvalue weighted by atomic mass is 16.4. The second-order valence-electron chi connectivity index (χ2n) is 5.44. The Morgan fingerprint density at radius 2 is 2.16 bits per heavy atom. The first-order valence-corrected chi connectivity index (χ1v) is 6.86. The van der Waals surface area contributed by atoms with Crippen molar-refractivity contribution < 1.29 is 9.90 Å². The topological polar surface area (TPSA) is 66.6 Å². The molecule has 1 fully saturated rings. The van der Waals surface area contributed by atoms with Crippen LogP contribution in [0.5, 0.6) is 0 Å². The lowest BCUT2D eigenvalue weighted by Gasteiger charge is -2.30. The number of hydrogen-bond donors (Lipinski definition) is 2. The maximum Gasteiger partial charge on any atom is 0.310 e. The molecule has 1 aliphatic heterocycles. The van der Waals surface area contributed by atoms with Gasteiger partial charge in [0, 0.05) is 19.1 Å². The fraction of sp³-hybridized carbons (Fsp3) is 0.533. The maximum absolute atomic E-state index is 10.9. The minimum atomic E-state index is -0.783. The molecule has 2 rings (SSSR count). The lowest BCUT2D eigenvalue weighted by atomic mass is 9.99. The van der Waals surface area contributed by atoms with E-state index in [0.717, 1.165) is 38.0 Å². The molecule has 1 aromatic rings. The van der Waals surface area contributed by atoms with E-state index in [9.17, 15) is 4.79 Å². The van der Waals surface area contributed by atoms with Crippen molar-refractivity contribution in [2.45, 2.75) is 38.3 Å². The van der Waals surface area contributed by atoms with Crippen molar-refractivity contribution in [3.05, 3.63) is 35.4 Å². The second-order valence-corrected chi connectivity index (χ2v) is 5.44.